The van der Waals surface area contributed by atoms with Gasteiger partial charge >= 0.3 is 0 Å². The van der Waals surface area contributed by atoms with Gasteiger partial charge in [-0.3, -0.25) is 4.79 Å². The molecular formula is C38H32N4O4. The Bertz CT molecular complexity index is 1860. The van der Waals surface area contributed by atoms with Gasteiger partial charge in [-0.15, -0.1) is 0 Å². The molecule has 1 aromatic heterocycles. The second-order valence-corrected chi connectivity index (χ2v) is 10.3. The minimum absolute atomic E-state index is 0.192. The highest BCUT2D eigenvalue weighted by molar-refractivity contribution is 5.89. The van der Waals surface area contributed by atoms with Crippen molar-refractivity contribution in [2.75, 3.05) is 6.61 Å². The molecule has 0 radical (unpaired) electrons. The van der Waals surface area contributed by atoms with E-state index in [1.54, 1.807) is 23.0 Å². The van der Waals surface area contributed by atoms with Crippen molar-refractivity contribution < 1.29 is 19.0 Å². The number of carbonyl (C=O) groups is 1. The van der Waals surface area contributed by atoms with Crippen LogP contribution in [0.3, 0.4) is 0 Å². The molecule has 0 aliphatic carbocycles. The lowest BCUT2D eigenvalue weighted by molar-refractivity contribution is -0.123. The summed E-state index contributed by atoms with van der Waals surface area (Å²) >= 11 is 0. The molecule has 6 rings (SSSR count). The Hall–Kier alpha value is -6.15. The number of nitrogens with one attached hydrogen (secondary N) is 1. The fourth-order valence-electron chi connectivity index (χ4n) is 4.60. The summed E-state index contributed by atoms with van der Waals surface area (Å²) in [4.78, 5) is 12.5. The molecule has 8 nitrogen and oxygen atoms in total. The Kier molecular flexibility index (Phi) is 9.77. The number of amides is 1. The lowest BCUT2D eigenvalue weighted by atomic mass is 10.1. The van der Waals surface area contributed by atoms with Crippen LogP contribution in [0.1, 0.15) is 16.7 Å². The molecule has 0 saturated carbocycles. The van der Waals surface area contributed by atoms with Crippen molar-refractivity contribution >= 4 is 12.1 Å². The molecule has 0 fully saturated rings. The van der Waals surface area contributed by atoms with E-state index in [9.17, 15) is 4.79 Å². The van der Waals surface area contributed by atoms with Crippen LogP contribution in [-0.2, 0) is 18.0 Å². The summed E-state index contributed by atoms with van der Waals surface area (Å²) < 4.78 is 19.2. The van der Waals surface area contributed by atoms with Gasteiger partial charge in [0.1, 0.15) is 36.2 Å². The Morgan fingerprint density at radius 2 is 1.15 bits per heavy atom. The molecule has 0 aliphatic heterocycles. The molecule has 0 aliphatic rings. The second-order valence-electron chi connectivity index (χ2n) is 10.3. The van der Waals surface area contributed by atoms with Crippen LogP contribution in [0.2, 0.25) is 0 Å². The van der Waals surface area contributed by atoms with Gasteiger partial charge < -0.3 is 14.2 Å². The normalized spacial score (nSPS) is 10.9. The van der Waals surface area contributed by atoms with Crippen molar-refractivity contribution in [2.45, 2.75) is 13.2 Å². The smallest absolute Gasteiger partial charge is 0.277 e. The number of aromatic nitrogens is 2. The van der Waals surface area contributed by atoms with E-state index in [-0.39, 0.29) is 6.61 Å². The monoisotopic (exact) mass is 608 g/mol. The second kappa shape index (κ2) is 15.0. The lowest BCUT2D eigenvalue weighted by Gasteiger charge is -2.08. The average molecular weight is 609 g/mol. The number of hydrogen-bond acceptors (Lipinski definition) is 6. The third kappa shape index (κ3) is 8.27. The van der Waals surface area contributed by atoms with Gasteiger partial charge in [-0.25, -0.2) is 10.1 Å². The molecule has 0 unspecified atom stereocenters. The predicted octanol–water partition coefficient (Wildman–Crippen LogP) is 7.23. The number of carbonyl (C=O) groups excluding carboxylic acids is 1. The van der Waals surface area contributed by atoms with Gasteiger partial charge in [-0.2, -0.15) is 10.2 Å². The van der Waals surface area contributed by atoms with Gasteiger partial charge in [0, 0.05) is 17.3 Å². The van der Waals surface area contributed by atoms with Crippen molar-refractivity contribution in [1.29, 1.82) is 0 Å². The largest absolute Gasteiger partial charge is 0.489 e. The number of hydrazone groups is 1. The minimum atomic E-state index is -0.391. The fraction of sp³-hybridized carbons (Fsp3) is 0.0789. The van der Waals surface area contributed by atoms with E-state index in [4.69, 9.17) is 19.3 Å². The maximum absolute atomic E-state index is 12.5. The zero-order chi connectivity index (χ0) is 31.4. The quantitative estimate of drug-likeness (QED) is 0.110. The minimum Gasteiger partial charge on any atom is -0.489 e. The van der Waals surface area contributed by atoms with Crippen LogP contribution in [0.5, 0.6) is 17.2 Å². The highest BCUT2D eigenvalue weighted by atomic mass is 16.5. The fourth-order valence-corrected chi connectivity index (χ4v) is 4.60. The molecule has 1 amide bonds. The van der Waals surface area contributed by atoms with E-state index in [1.807, 2.05) is 134 Å². The van der Waals surface area contributed by atoms with Crippen LogP contribution in [0.4, 0.5) is 0 Å². The zero-order valence-corrected chi connectivity index (χ0v) is 25.0. The SMILES string of the molecule is O=C(COc1ccc(OCc2ccccc2)cc1)N/N=C/c1cn(-c2ccccc2)nc1-c1ccc(OCc2ccccc2)cc1. The van der Waals surface area contributed by atoms with Crippen LogP contribution in [0.25, 0.3) is 16.9 Å². The van der Waals surface area contributed by atoms with Gasteiger partial charge in [-0.1, -0.05) is 78.9 Å². The predicted molar refractivity (Wildman–Crippen MR) is 178 cm³/mol. The maximum Gasteiger partial charge on any atom is 0.277 e. The zero-order valence-electron chi connectivity index (χ0n) is 25.0. The highest BCUT2D eigenvalue weighted by Crippen LogP contribution is 2.26. The van der Waals surface area contributed by atoms with Gasteiger partial charge in [0.05, 0.1) is 11.9 Å². The Labute approximate surface area is 267 Å². The molecule has 0 saturated heterocycles. The molecule has 228 valence electrons. The third-order valence-electron chi connectivity index (χ3n) is 6.97. The summed E-state index contributed by atoms with van der Waals surface area (Å²) in [6.45, 7) is 0.767. The van der Waals surface area contributed by atoms with Gasteiger partial charge in [0.15, 0.2) is 6.61 Å². The molecule has 46 heavy (non-hydrogen) atoms. The van der Waals surface area contributed by atoms with Gasteiger partial charge in [0.2, 0.25) is 0 Å². The van der Waals surface area contributed by atoms with E-state index in [0.717, 1.165) is 33.7 Å². The summed E-state index contributed by atoms with van der Waals surface area (Å²) in [5.41, 5.74) is 7.95. The van der Waals surface area contributed by atoms with Crippen LogP contribution in [-0.4, -0.2) is 28.5 Å². The standard InChI is InChI=1S/C38H32N4O4/c43-37(28-46-36-22-20-35(21-23-36)45-27-30-12-6-2-7-13-30)40-39-24-32-25-42(33-14-8-3-9-15-33)41-38(32)31-16-18-34(19-17-31)44-26-29-10-4-1-5-11-29/h1-25H,26-28H2,(H,40,43)/b39-24+. The lowest BCUT2D eigenvalue weighted by Crippen LogP contribution is -2.24. The van der Waals surface area contributed by atoms with Crippen molar-refractivity contribution in [3.05, 3.63) is 162 Å². The molecule has 0 spiro atoms. The maximum atomic E-state index is 12.5. The highest BCUT2D eigenvalue weighted by Gasteiger charge is 2.12. The summed E-state index contributed by atoms with van der Waals surface area (Å²) in [6.07, 6.45) is 3.45. The van der Waals surface area contributed by atoms with E-state index in [1.165, 1.54) is 0 Å². The number of rotatable bonds is 13. The van der Waals surface area contributed by atoms with Crippen LogP contribution in [0, 0.1) is 0 Å². The Balaban J connectivity index is 1.07. The summed E-state index contributed by atoms with van der Waals surface area (Å²) in [6, 6.07) is 44.7. The Morgan fingerprint density at radius 3 is 1.72 bits per heavy atom. The number of nitrogens with zero attached hydrogens (tertiary/aromatic N) is 3. The number of benzene rings is 5. The molecule has 6 aromatic rings. The number of hydrogen-bond donors (Lipinski definition) is 1. The van der Waals surface area contributed by atoms with Crippen molar-refractivity contribution in [3.63, 3.8) is 0 Å². The number of para-hydroxylation sites is 1. The van der Waals surface area contributed by atoms with Crippen molar-refractivity contribution in [1.82, 2.24) is 15.2 Å². The van der Waals surface area contributed by atoms with Crippen LogP contribution >= 0.6 is 0 Å². The Morgan fingerprint density at radius 1 is 0.652 bits per heavy atom. The first-order valence-corrected chi connectivity index (χ1v) is 14.8. The molecule has 1 heterocycles. The van der Waals surface area contributed by atoms with Gasteiger partial charge in [0.25, 0.3) is 5.91 Å². The summed E-state index contributed by atoms with van der Waals surface area (Å²) in [5, 5.41) is 9.01. The number of ether oxygens (including phenoxy) is 3. The first-order valence-electron chi connectivity index (χ1n) is 14.8. The molecule has 1 N–H and O–H groups in total. The summed E-state index contributed by atoms with van der Waals surface area (Å²) in [7, 11) is 0. The molecular weight excluding hydrogens is 576 g/mol. The van der Waals surface area contributed by atoms with E-state index < -0.39 is 5.91 Å². The topological polar surface area (TPSA) is 87.0 Å². The average Bonchev–Trinajstić information content (AvgIpc) is 3.55. The molecule has 0 bridgehead atoms. The molecule has 0 atom stereocenters. The van der Waals surface area contributed by atoms with Crippen molar-refractivity contribution in [2.24, 2.45) is 5.10 Å². The van der Waals surface area contributed by atoms with Crippen LogP contribution < -0.4 is 19.6 Å². The summed E-state index contributed by atoms with van der Waals surface area (Å²) in [5.74, 6) is 1.63. The van der Waals surface area contributed by atoms with Crippen molar-refractivity contribution in [3.8, 4) is 34.2 Å². The van der Waals surface area contributed by atoms with Crippen LogP contribution in [0.15, 0.2) is 151 Å². The first-order chi connectivity index (χ1) is 22.7. The van der Waals surface area contributed by atoms with Gasteiger partial charge in [-0.05, 0) is 71.8 Å². The third-order valence-corrected chi connectivity index (χ3v) is 6.97. The van der Waals surface area contributed by atoms with E-state index >= 15 is 0 Å². The van der Waals surface area contributed by atoms with E-state index in [2.05, 4.69) is 10.5 Å². The molecule has 8 heteroatoms. The van der Waals surface area contributed by atoms with E-state index in [0.29, 0.717) is 30.4 Å². The molecule has 5 aromatic carbocycles. The first kappa shape index (κ1) is 29.9.